The summed E-state index contributed by atoms with van der Waals surface area (Å²) in [5.74, 6) is 0. The SMILES string of the molecule is CC(C)(C)OC(=O)N1CCNCC1.CC1CNCCN1. The van der Waals surface area contributed by atoms with Gasteiger partial charge in [-0.2, -0.15) is 0 Å². The summed E-state index contributed by atoms with van der Waals surface area (Å²) in [7, 11) is 0. The van der Waals surface area contributed by atoms with Gasteiger partial charge in [0.25, 0.3) is 0 Å². The molecule has 1 amide bonds. The summed E-state index contributed by atoms with van der Waals surface area (Å²) in [6.07, 6.45) is -0.200. The van der Waals surface area contributed by atoms with Crippen LogP contribution in [0.15, 0.2) is 0 Å². The number of ether oxygens (including phenoxy) is 1. The fourth-order valence-electron chi connectivity index (χ4n) is 1.97. The van der Waals surface area contributed by atoms with E-state index in [-0.39, 0.29) is 11.7 Å². The molecule has 1 atom stereocenters. The van der Waals surface area contributed by atoms with Gasteiger partial charge < -0.3 is 25.6 Å². The van der Waals surface area contributed by atoms with Gasteiger partial charge in [0.1, 0.15) is 5.60 Å². The van der Waals surface area contributed by atoms with E-state index in [2.05, 4.69) is 22.9 Å². The normalized spacial score (nSPS) is 23.6. The van der Waals surface area contributed by atoms with E-state index in [1.54, 1.807) is 4.90 Å². The number of carbonyl (C=O) groups excluding carboxylic acids is 1. The third-order valence-corrected chi connectivity index (χ3v) is 3.01. The van der Waals surface area contributed by atoms with Crippen molar-refractivity contribution in [2.75, 3.05) is 45.8 Å². The van der Waals surface area contributed by atoms with Crippen LogP contribution in [0.1, 0.15) is 27.7 Å². The predicted molar refractivity (Wildman–Crippen MR) is 81.0 cm³/mol. The number of amides is 1. The molecular weight excluding hydrogens is 256 g/mol. The second-order valence-electron chi connectivity index (χ2n) is 6.28. The Morgan fingerprint density at radius 1 is 1.10 bits per heavy atom. The van der Waals surface area contributed by atoms with Gasteiger partial charge in [-0.25, -0.2) is 4.79 Å². The van der Waals surface area contributed by atoms with Crippen molar-refractivity contribution in [2.24, 2.45) is 0 Å². The second kappa shape index (κ2) is 8.44. The van der Waals surface area contributed by atoms with E-state index in [9.17, 15) is 4.79 Å². The predicted octanol–water partition coefficient (Wildman–Crippen LogP) is 0.394. The zero-order valence-electron chi connectivity index (χ0n) is 13.3. The van der Waals surface area contributed by atoms with Crippen molar-refractivity contribution in [1.82, 2.24) is 20.9 Å². The Hall–Kier alpha value is -0.850. The zero-order valence-corrected chi connectivity index (χ0v) is 13.3. The lowest BCUT2D eigenvalue weighted by Crippen LogP contribution is -2.48. The van der Waals surface area contributed by atoms with Crippen LogP contribution in [0.4, 0.5) is 4.79 Å². The van der Waals surface area contributed by atoms with Gasteiger partial charge >= 0.3 is 6.09 Å². The third kappa shape index (κ3) is 7.67. The van der Waals surface area contributed by atoms with Crippen LogP contribution in [0.2, 0.25) is 0 Å². The van der Waals surface area contributed by atoms with Gasteiger partial charge in [0, 0.05) is 51.9 Å². The van der Waals surface area contributed by atoms with E-state index in [4.69, 9.17) is 4.74 Å². The topological polar surface area (TPSA) is 65.6 Å². The Balaban J connectivity index is 0.000000240. The quantitative estimate of drug-likeness (QED) is 0.601. The van der Waals surface area contributed by atoms with Crippen LogP contribution in [-0.2, 0) is 4.74 Å². The van der Waals surface area contributed by atoms with Crippen molar-refractivity contribution in [3.05, 3.63) is 0 Å². The van der Waals surface area contributed by atoms with Gasteiger partial charge in [0.2, 0.25) is 0 Å². The molecular formula is C14H30N4O2. The summed E-state index contributed by atoms with van der Waals surface area (Å²) in [6, 6.07) is 0.675. The van der Waals surface area contributed by atoms with E-state index in [0.29, 0.717) is 6.04 Å². The minimum Gasteiger partial charge on any atom is -0.444 e. The molecule has 1 unspecified atom stereocenters. The van der Waals surface area contributed by atoms with E-state index in [0.717, 1.165) is 45.8 Å². The van der Waals surface area contributed by atoms with E-state index in [1.807, 2.05) is 20.8 Å². The van der Waals surface area contributed by atoms with E-state index in [1.165, 1.54) is 0 Å². The molecule has 0 bridgehead atoms. The third-order valence-electron chi connectivity index (χ3n) is 3.01. The monoisotopic (exact) mass is 286 g/mol. The zero-order chi connectivity index (χ0) is 15.0. The van der Waals surface area contributed by atoms with Crippen LogP contribution < -0.4 is 16.0 Å². The van der Waals surface area contributed by atoms with Gasteiger partial charge in [0.15, 0.2) is 0 Å². The van der Waals surface area contributed by atoms with Crippen LogP contribution in [0, 0.1) is 0 Å². The summed E-state index contributed by atoms with van der Waals surface area (Å²) >= 11 is 0. The second-order valence-corrected chi connectivity index (χ2v) is 6.28. The molecule has 2 aliphatic heterocycles. The number of hydrogen-bond acceptors (Lipinski definition) is 5. The Labute approximate surface area is 122 Å². The first-order chi connectivity index (χ1) is 9.38. The van der Waals surface area contributed by atoms with Gasteiger partial charge in [-0.1, -0.05) is 0 Å². The molecule has 2 rings (SSSR count). The number of piperazine rings is 2. The maximum Gasteiger partial charge on any atom is 0.410 e. The van der Waals surface area contributed by atoms with Crippen molar-refractivity contribution in [3.63, 3.8) is 0 Å². The van der Waals surface area contributed by atoms with Gasteiger partial charge in [-0.15, -0.1) is 0 Å². The van der Waals surface area contributed by atoms with Crippen LogP contribution >= 0.6 is 0 Å². The number of nitrogens with one attached hydrogen (secondary N) is 3. The fourth-order valence-corrected chi connectivity index (χ4v) is 1.97. The Morgan fingerprint density at radius 3 is 2.15 bits per heavy atom. The molecule has 0 radical (unpaired) electrons. The molecule has 0 aromatic carbocycles. The molecule has 2 heterocycles. The molecule has 6 nitrogen and oxygen atoms in total. The first-order valence-corrected chi connectivity index (χ1v) is 7.51. The van der Waals surface area contributed by atoms with Gasteiger partial charge in [0.05, 0.1) is 0 Å². The molecule has 118 valence electrons. The van der Waals surface area contributed by atoms with Crippen molar-refractivity contribution < 1.29 is 9.53 Å². The summed E-state index contributed by atoms with van der Waals surface area (Å²) in [5, 5.41) is 9.77. The molecule has 20 heavy (non-hydrogen) atoms. The summed E-state index contributed by atoms with van der Waals surface area (Å²) in [4.78, 5) is 13.2. The lowest BCUT2D eigenvalue weighted by Gasteiger charge is -2.30. The molecule has 0 spiro atoms. The summed E-state index contributed by atoms with van der Waals surface area (Å²) in [5.41, 5.74) is -0.387. The summed E-state index contributed by atoms with van der Waals surface area (Å²) in [6.45, 7) is 14.4. The molecule has 0 saturated carbocycles. The minimum absolute atomic E-state index is 0.200. The fraction of sp³-hybridized carbons (Fsp3) is 0.929. The molecule has 2 saturated heterocycles. The van der Waals surface area contributed by atoms with Gasteiger partial charge in [-0.05, 0) is 27.7 Å². The highest BCUT2D eigenvalue weighted by molar-refractivity contribution is 5.68. The average molecular weight is 286 g/mol. The number of nitrogens with zero attached hydrogens (tertiary/aromatic N) is 1. The standard InChI is InChI=1S/C9H18N2O2.C5H12N2/c1-9(2,3)13-8(12)11-6-4-10-5-7-11;1-5-4-6-2-3-7-5/h10H,4-7H2,1-3H3;5-7H,2-4H2,1H3. The largest absolute Gasteiger partial charge is 0.444 e. The minimum atomic E-state index is -0.387. The number of rotatable bonds is 0. The average Bonchev–Trinajstić information content (AvgIpc) is 2.39. The smallest absolute Gasteiger partial charge is 0.410 e. The Kier molecular flexibility index (Phi) is 7.26. The molecule has 3 N–H and O–H groups in total. The van der Waals surface area contributed by atoms with Crippen LogP contribution in [0.3, 0.4) is 0 Å². The number of carbonyl (C=O) groups is 1. The summed E-state index contributed by atoms with van der Waals surface area (Å²) < 4.78 is 5.24. The first-order valence-electron chi connectivity index (χ1n) is 7.51. The first kappa shape index (κ1) is 17.2. The maximum atomic E-state index is 11.5. The molecule has 2 aliphatic rings. The molecule has 0 aromatic rings. The highest BCUT2D eigenvalue weighted by atomic mass is 16.6. The van der Waals surface area contributed by atoms with Gasteiger partial charge in [-0.3, -0.25) is 0 Å². The van der Waals surface area contributed by atoms with E-state index < -0.39 is 0 Å². The van der Waals surface area contributed by atoms with E-state index >= 15 is 0 Å². The molecule has 6 heteroatoms. The Bertz CT molecular complexity index is 279. The van der Waals surface area contributed by atoms with Crippen LogP contribution in [0.5, 0.6) is 0 Å². The lowest BCUT2D eigenvalue weighted by atomic mass is 10.2. The maximum absolute atomic E-state index is 11.5. The highest BCUT2D eigenvalue weighted by Crippen LogP contribution is 2.09. The Morgan fingerprint density at radius 2 is 1.75 bits per heavy atom. The van der Waals surface area contributed by atoms with Crippen LogP contribution in [-0.4, -0.2) is 68.4 Å². The molecule has 0 aliphatic carbocycles. The number of hydrogen-bond donors (Lipinski definition) is 3. The molecule has 0 aromatic heterocycles. The van der Waals surface area contributed by atoms with Crippen molar-refractivity contribution in [1.29, 1.82) is 0 Å². The van der Waals surface area contributed by atoms with Crippen molar-refractivity contribution >= 4 is 6.09 Å². The molecule has 2 fully saturated rings. The van der Waals surface area contributed by atoms with Crippen LogP contribution in [0.25, 0.3) is 0 Å². The highest BCUT2D eigenvalue weighted by Gasteiger charge is 2.22. The lowest BCUT2D eigenvalue weighted by molar-refractivity contribution is 0.0229. The van der Waals surface area contributed by atoms with Crippen molar-refractivity contribution in [3.8, 4) is 0 Å². The van der Waals surface area contributed by atoms with Crippen molar-refractivity contribution in [2.45, 2.75) is 39.3 Å².